The first-order valence-corrected chi connectivity index (χ1v) is 15.9. The number of hydrogen-bond acceptors (Lipinski definition) is 9. The molecule has 1 aromatic carbocycles. The maximum absolute atomic E-state index is 12.4. The number of aliphatic hydroxyl groups is 2. The number of unbranched alkanes of at least 4 members (excludes halogenated alkanes) is 10. The quantitative estimate of drug-likeness (QED) is 0.101. The Labute approximate surface area is 258 Å². The van der Waals surface area contributed by atoms with Gasteiger partial charge < -0.3 is 33.6 Å². The smallest absolute Gasteiger partial charge is 0.339 e. The molecule has 9 heteroatoms. The van der Waals surface area contributed by atoms with Crippen molar-refractivity contribution in [2.24, 2.45) is 0 Å². The van der Waals surface area contributed by atoms with Gasteiger partial charge in [-0.25, -0.2) is 9.59 Å². The Hall–Kier alpha value is -2.72. The number of ether oxygens (including phenoxy) is 4. The molecule has 0 radical (unpaired) electrons. The molecule has 0 saturated heterocycles. The largest absolute Gasteiger partial charge is 0.473 e. The molecule has 2 rings (SSSR count). The molecule has 0 aliphatic rings. The fourth-order valence-electron chi connectivity index (χ4n) is 3.77. The molecule has 2 aromatic rings. The van der Waals surface area contributed by atoms with Crippen molar-refractivity contribution in [2.45, 2.75) is 90.9 Å². The molecular formula is C34H56O9. The highest BCUT2D eigenvalue weighted by Gasteiger charge is 2.18. The van der Waals surface area contributed by atoms with Crippen molar-refractivity contribution in [1.29, 1.82) is 0 Å². The third kappa shape index (κ3) is 25.5. The first-order chi connectivity index (χ1) is 21.1. The number of furan rings is 1. The van der Waals surface area contributed by atoms with Gasteiger partial charge in [-0.1, -0.05) is 90.2 Å². The third-order valence-corrected chi connectivity index (χ3v) is 6.10. The molecular weight excluding hydrogens is 552 g/mol. The van der Waals surface area contributed by atoms with E-state index in [1.807, 2.05) is 12.1 Å². The van der Waals surface area contributed by atoms with Crippen LogP contribution in [0.2, 0.25) is 0 Å². The first kappa shape index (κ1) is 40.3. The normalized spacial score (nSPS) is 10.2. The van der Waals surface area contributed by atoms with E-state index in [4.69, 9.17) is 29.2 Å². The third-order valence-electron chi connectivity index (χ3n) is 6.10. The Morgan fingerprint density at radius 3 is 1.30 bits per heavy atom. The van der Waals surface area contributed by atoms with E-state index in [9.17, 15) is 9.59 Å². The summed E-state index contributed by atoms with van der Waals surface area (Å²) in [4.78, 5) is 24.7. The molecule has 1 aromatic heterocycles. The van der Waals surface area contributed by atoms with E-state index in [2.05, 4.69) is 18.3 Å². The van der Waals surface area contributed by atoms with Crippen LogP contribution in [0.25, 0.3) is 0 Å². The van der Waals surface area contributed by atoms with E-state index in [1.54, 1.807) is 36.8 Å². The van der Waals surface area contributed by atoms with E-state index in [0.29, 0.717) is 50.8 Å². The van der Waals surface area contributed by atoms with Crippen molar-refractivity contribution >= 4 is 11.9 Å². The maximum atomic E-state index is 12.4. The number of benzene rings is 1. The number of hydrogen-bond donors (Lipinski definition) is 2. The van der Waals surface area contributed by atoms with Gasteiger partial charge in [0.2, 0.25) is 0 Å². The van der Waals surface area contributed by atoms with Gasteiger partial charge in [0.25, 0.3) is 0 Å². The Kier molecular flexibility index (Phi) is 30.2. The van der Waals surface area contributed by atoms with E-state index in [1.165, 1.54) is 51.4 Å². The van der Waals surface area contributed by atoms with Crippen LogP contribution in [0, 0.1) is 0 Å². The summed E-state index contributed by atoms with van der Waals surface area (Å²) in [5.41, 5.74) is 0.586. The number of esters is 2. The fraction of sp³-hybridized carbons (Fsp3) is 0.647. The summed E-state index contributed by atoms with van der Waals surface area (Å²) in [5.74, 6) is -0.888. The molecule has 0 unspecified atom stereocenters. The second-order valence-electron chi connectivity index (χ2n) is 9.82. The minimum absolute atomic E-state index is 0.0417. The number of aliphatic hydroxyl groups excluding tert-OH is 2. The molecule has 0 fully saturated rings. The van der Waals surface area contributed by atoms with Gasteiger partial charge in [-0.3, -0.25) is 0 Å². The number of carbonyl (C=O) groups excluding carboxylic acids is 2. The first-order valence-electron chi connectivity index (χ1n) is 15.9. The average Bonchev–Trinajstić information content (AvgIpc) is 3.63. The molecule has 0 saturated carbocycles. The lowest BCUT2D eigenvalue weighted by Gasteiger charge is -2.10. The van der Waals surface area contributed by atoms with Crippen molar-refractivity contribution in [1.82, 2.24) is 0 Å². The SMILES string of the molecule is CCCCCCCCOC(=O)c1ccccc1C(=O)OCCCCCCCC.OCCOCCOCCO.c1ccoc1. The second kappa shape index (κ2) is 32.2. The van der Waals surface area contributed by atoms with Crippen molar-refractivity contribution in [2.75, 3.05) is 52.9 Å². The van der Waals surface area contributed by atoms with Crippen molar-refractivity contribution in [3.8, 4) is 0 Å². The fourth-order valence-corrected chi connectivity index (χ4v) is 3.77. The summed E-state index contributed by atoms with van der Waals surface area (Å²) in [6.07, 6.45) is 16.9. The summed E-state index contributed by atoms with van der Waals surface area (Å²) in [6, 6.07) is 10.4. The topological polar surface area (TPSA) is 125 Å². The van der Waals surface area contributed by atoms with Crippen LogP contribution in [0.1, 0.15) is 112 Å². The Morgan fingerprint density at radius 1 is 0.558 bits per heavy atom. The van der Waals surface area contributed by atoms with E-state index < -0.39 is 11.9 Å². The predicted molar refractivity (Wildman–Crippen MR) is 168 cm³/mol. The van der Waals surface area contributed by atoms with Gasteiger partial charge in [-0.05, 0) is 37.1 Å². The number of carbonyl (C=O) groups is 2. The predicted octanol–water partition coefficient (Wildman–Crippen LogP) is 7.01. The zero-order valence-corrected chi connectivity index (χ0v) is 26.5. The number of rotatable bonds is 23. The van der Waals surface area contributed by atoms with Crippen molar-refractivity contribution < 1.29 is 43.2 Å². The molecule has 0 aliphatic carbocycles. The van der Waals surface area contributed by atoms with E-state index >= 15 is 0 Å². The maximum Gasteiger partial charge on any atom is 0.339 e. The summed E-state index contributed by atoms with van der Waals surface area (Å²) in [5, 5.41) is 16.5. The van der Waals surface area contributed by atoms with Gasteiger partial charge in [0.15, 0.2) is 0 Å². The van der Waals surface area contributed by atoms with Crippen LogP contribution in [0.15, 0.2) is 53.3 Å². The molecule has 1 heterocycles. The molecule has 246 valence electrons. The molecule has 0 atom stereocenters. The van der Waals surface area contributed by atoms with Crippen LogP contribution in [0.5, 0.6) is 0 Å². The van der Waals surface area contributed by atoms with Gasteiger partial charge in [0, 0.05) is 0 Å². The Balaban J connectivity index is 0.000000954. The van der Waals surface area contributed by atoms with Crippen LogP contribution < -0.4 is 0 Å². The van der Waals surface area contributed by atoms with Gasteiger partial charge >= 0.3 is 11.9 Å². The zero-order chi connectivity index (χ0) is 31.6. The average molecular weight is 609 g/mol. The van der Waals surface area contributed by atoms with E-state index in [-0.39, 0.29) is 13.2 Å². The molecule has 0 spiro atoms. The standard InChI is InChI=1S/C24H38O4.C6H14O4.C4H4O/c1-3-5-7-9-11-15-19-27-23(25)21-17-13-14-18-22(21)24(26)28-20-16-12-10-8-6-4-2;7-1-3-9-5-6-10-4-2-8;1-2-4-5-3-1/h13-14,17-18H,3-12,15-16,19-20H2,1-2H3;7-8H,1-6H2;1-4H. The highest BCUT2D eigenvalue weighted by molar-refractivity contribution is 6.03. The highest BCUT2D eigenvalue weighted by atomic mass is 16.5. The molecule has 0 aliphatic heterocycles. The summed E-state index contributed by atoms with van der Waals surface area (Å²) in [6.45, 7) is 6.90. The van der Waals surface area contributed by atoms with Crippen LogP contribution in [-0.2, 0) is 18.9 Å². The minimum Gasteiger partial charge on any atom is -0.473 e. The van der Waals surface area contributed by atoms with Crippen LogP contribution in [0.3, 0.4) is 0 Å². The molecule has 0 bridgehead atoms. The van der Waals surface area contributed by atoms with Gasteiger partial charge in [0.1, 0.15) is 0 Å². The Bertz CT molecular complexity index is 781. The second-order valence-corrected chi connectivity index (χ2v) is 9.82. The van der Waals surface area contributed by atoms with Gasteiger partial charge in [-0.2, -0.15) is 0 Å². The van der Waals surface area contributed by atoms with E-state index in [0.717, 1.165) is 25.7 Å². The van der Waals surface area contributed by atoms with Gasteiger partial charge in [-0.15, -0.1) is 0 Å². The van der Waals surface area contributed by atoms with Crippen LogP contribution in [-0.4, -0.2) is 75.0 Å². The van der Waals surface area contributed by atoms with Crippen molar-refractivity contribution in [3.05, 3.63) is 60.1 Å². The lowest BCUT2D eigenvalue weighted by atomic mass is 10.1. The highest BCUT2D eigenvalue weighted by Crippen LogP contribution is 2.14. The lowest BCUT2D eigenvalue weighted by molar-refractivity contribution is 0.0222. The van der Waals surface area contributed by atoms with Gasteiger partial charge in [0.05, 0.1) is 76.5 Å². The molecule has 9 nitrogen and oxygen atoms in total. The molecule has 2 N–H and O–H groups in total. The monoisotopic (exact) mass is 608 g/mol. The summed E-state index contributed by atoms with van der Waals surface area (Å²) in [7, 11) is 0. The van der Waals surface area contributed by atoms with Crippen molar-refractivity contribution in [3.63, 3.8) is 0 Å². The lowest BCUT2D eigenvalue weighted by Crippen LogP contribution is -2.15. The molecule has 43 heavy (non-hydrogen) atoms. The molecule has 0 amide bonds. The van der Waals surface area contributed by atoms with Crippen LogP contribution >= 0.6 is 0 Å². The minimum atomic E-state index is -0.444. The van der Waals surface area contributed by atoms with Crippen LogP contribution in [0.4, 0.5) is 0 Å². The summed E-state index contributed by atoms with van der Waals surface area (Å²) >= 11 is 0. The zero-order valence-electron chi connectivity index (χ0n) is 26.5. The summed E-state index contributed by atoms with van der Waals surface area (Å²) < 4.78 is 25.0. The Morgan fingerprint density at radius 2 is 0.953 bits per heavy atom.